The van der Waals surface area contributed by atoms with Gasteiger partial charge < -0.3 is 0 Å². The van der Waals surface area contributed by atoms with Crippen molar-refractivity contribution in [3.05, 3.63) is 151 Å². The van der Waals surface area contributed by atoms with Crippen LogP contribution in [-0.2, 0) is 0 Å². The zero-order chi connectivity index (χ0) is 28.0. The third kappa shape index (κ3) is 3.69. The molecule has 2 nitrogen and oxygen atoms in total. The summed E-state index contributed by atoms with van der Waals surface area (Å²) in [6.07, 6.45) is 1.71. The molecule has 0 N–H and O–H groups in total. The minimum absolute atomic E-state index is 0.418. The molecule has 0 saturated heterocycles. The smallest absolute Gasteiger partial charge is 0.141 e. The molecule has 0 fully saturated rings. The van der Waals surface area contributed by atoms with Gasteiger partial charge in [-0.15, -0.1) is 0 Å². The van der Waals surface area contributed by atoms with Gasteiger partial charge in [-0.25, -0.2) is 4.98 Å². The van der Waals surface area contributed by atoms with Crippen molar-refractivity contribution in [1.82, 2.24) is 4.98 Å². The highest BCUT2D eigenvalue weighted by molar-refractivity contribution is 6.25. The van der Waals surface area contributed by atoms with Gasteiger partial charge in [0, 0.05) is 6.20 Å². The highest BCUT2D eigenvalue weighted by Gasteiger charge is 2.19. The molecular formula is C40H24N2. The van der Waals surface area contributed by atoms with Crippen molar-refractivity contribution in [2.45, 2.75) is 0 Å². The van der Waals surface area contributed by atoms with Gasteiger partial charge in [-0.05, 0) is 88.6 Å². The lowest BCUT2D eigenvalue weighted by Gasteiger charge is -2.20. The zero-order valence-corrected chi connectivity index (χ0v) is 22.8. The molecule has 2 heteroatoms. The van der Waals surface area contributed by atoms with Crippen LogP contribution in [-0.4, -0.2) is 4.98 Å². The van der Waals surface area contributed by atoms with Crippen molar-refractivity contribution in [3.63, 3.8) is 0 Å². The van der Waals surface area contributed by atoms with Crippen molar-refractivity contribution in [3.8, 4) is 39.4 Å². The lowest BCUT2D eigenvalue weighted by Crippen LogP contribution is -1.93. The molecule has 0 saturated carbocycles. The third-order valence-corrected chi connectivity index (χ3v) is 8.37. The maximum atomic E-state index is 9.47. The summed E-state index contributed by atoms with van der Waals surface area (Å²) in [5.41, 5.74) is 7.45. The number of fused-ring (bicyclic) bond motifs is 4. The second kappa shape index (κ2) is 9.70. The summed E-state index contributed by atoms with van der Waals surface area (Å²) >= 11 is 0. The first-order valence-electron chi connectivity index (χ1n) is 14.1. The zero-order valence-electron chi connectivity index (χ0n) is 22.8. The van der Waals surface area contributed by atoms with Crippen LogP contribution in [0.1, 0.15) is 5.69 Å². The van der Waals surface area contributed by atoms with Gasteiger partial charge in [0.25, 0.3) is 0 Å². The number of aromatic nitrogens is 1. The minimum Gasteiger partial charge on any atom is -0.246 e. The van der Waals surface area contributed by atoms with Crippen molar-refractivity contribution < 1.29 is 0 Å². The van der Waals surface area contributed by atoms with Gasteiger partial charge in [-0.1, -0.05) is 127 Å². The fraction of sp³-hybridized carbons (Fsp3) is 0. The summed E-state index contributed by atoms with van der Waals surface area (Å²) in [6.45, 7) is 0. The number of nitrogens with zero attached hydrogens (tertiary/aromatic N) is 2. The van der Waals surface area contributed by atoms with Crippen LogP contribution in [0.4, 0.5) is 0 Å². The van der Waals surface area contributed by atoms with E-state index in [9.17, 15) is 5.26 Å². The minimum atomic E-state index is 0.418. The molecule has 8 rings (SSSR count). The average molecular weight is 533 g/mol. The van der Waals surface area contributed by atoms with Gasteiger partial charge in [0.2, 0.25) is 0 Å². The Labute approximate surface area is 243 Å². The van der Waals surface area contributed by atoms with Gasteiger partial charge in [0.1, 0.15) is 11.8 Å². The molecule has 0 amide bonds. The first-order valence-corrected chi connectivity index (χ1v) is 14.1. The monoisotopic (exact) mass is 532 g/mol. The summed E-state index contributed by atoms with van der Waals surface area (Å²) < 4.78 is 0. The second-order valence-corrected chi connectivity index (χ2v) is 10.6. The Bertz CT molecular complexity index is 2310. The molecule has 7 aromatic carbocycles. The highest BCUT2D eigenvalue weighted by Crippen LogP contribution is 2.47. The van der Waals surface area contributed by atoms with Crippen molar-refractivity contribution >= 4 is 43.1 Å². The van der Waals surface area contributed by atoms with Gasteiger partial charge in [-0.3, -0.25) is 0 Å². The normalized spacial score (nSPS) is 11.3. The second-order valence-electron chi connectivity index (χ2n) is 10.6. The summed E-state index contributed by atoms with van der Waals surface area (Å²) in [6, 6.07) is 51.9. The molecule has 1 aromatic heterocycles. The van der Waals surface area contributed by atoms with E-state index in [2.05, 4.69) is 138 Å². The Hall–Kier alpha value is -5.78. The van der Waals surface area contributed by atoms with E-state index >= 15 is 0 Å². The van der Waals surface area contributed by atoms with Gasteiger partial charge in [-0.2, -0.15) is 5.26 Å². The summed E-state index contributed by atoms with van der Waals surface area (Å²) in [5, 5.41) is 19.2. The first-order chi connectivity index (χ1) is 20.8. The molecular weight excluding hydrogens is 508 g/mol. The quantitative estimate of drug-likeness (QED) is 0.212. The molecule has 194 valence electrons. The summed E-state index contributed by atoms with van der Waals surface area (Å²) in [4.78, 5) is 4.19. The number of hydrogen-bond donors (Lipinski definition) is 0. The number of hydrogen-bond acceptors (Lipinski definition) is 2. The molecule has 0 bridgehead atoms. The van der Waals surface area contributed by atoms with E-state index in [0.717, 1.165) is 16.5 Å². The fourth-order valence-electron chi connectivity index (χ4n) is 6.58. The predicted octanol–water partition coefficient (Wildman–Crippen LogP) is 10.6. The molecule has 0 radical (unpaired) electrons. The lowest BCUT2D eigenvalue weighted by molar-refractivity contribution is 1.27. The van der Waals surface area contributed by atoms with E-state index in [4.69, 9.17) is 0 Å². The molecule has 8 aromatic rings. The topological polar surface area (TPSA) is 36.7 Å². The summed E-state index contributed by atoms with van der Waals surface area (Å²) in [5.74, 6) is 0. The van der Waals surface area contributed by atoms with E-state index in [1.807, 2.05) is 12.1 Å². The van der Waals surface area contributed by atoms with Crippen LogP contribution in [0.5, 0.6) is 0 Å². The van der Waals surface area contributed by atoms with Crippen LogP contribution < -0.4 is 0 Å². The largest absolute Gasteiger partial charge is 0.246 e. The van der Waals surface area contributed by atoms with E-state index in [1.165, 1.54) is 60.0 Å². The molecule has 1 heterocycles. The molecule has 0 unspecified atom stereocenters. The Balaban J connectivity index is 1.49. The molecule has 0 spiro atoms. The van der Waals surface area contributed by atoms with Crippen molar-refractivity contribution in [2.75, 3.05) is 0 Å². The molecule has 42 heavy (non-hydrogen) atoms. The molecule has 0 aliphatic rings. The van der Waals surface area contributed by atoms with Crippen LogP contribution >= 0.6 is 0 Å². The van der Waals surface area contributed by atoms with Gasteiger partial charge in [0.15, 0.2) is 0 Å². The fourth-order valence-corrected chi connectivity index (χ4v) is 6.58. The van der Waals surface area contributed by atoms with Crippen LogP contribution in [0.3, 0.4) is 0 Å². The predicted molar refractivity (Wildman–Crippen MR) is 175 cm³/mol. The Morgan fingerprint density at radius 2 is 0.905 bits per heavy atom. The SMILES string of the molecule is N#Cc1cc(-c2ccc(-c3c4ccccc4c(-c4cccc5ccccc45)c4ccccc34)c3ccccc23)ccn1. The van der Waals surface area contributed by atoms with E-state index < -0.39 is 0 Å². The van der Waals surface area contributed by atoms with Crippen LogP contribution in [0.2, 0.25) is 0 Å². The highest BCUT2D eigenvalue weighted by atomic mass is 14.7. The van der Waals surface area contributed by atoms with Crippen LogP contribution in [0.25, 0.3) is 76.5 Å². The number of nitriles is 1. The maximum Gasteiger partial charge on any atom is 0.141 e. The first kappa shape index (κ1) is 24.1. The summed E-state index contributed by atoms with van der Waals surface area (Å²) in [7, 11) is 0. The van der Waals surface area contributed by atoms with E-state index in [1.54, 1.807) is 6.20 Å². The number of rotatable bonds is 3. The average Bonchev–Trinajstić information content (AvgIpc) is 3.06. The van der Waals surface area contributed by atoms with Crippen molar-refractivity contribution in [1.29, 1.82) is 5.26 Å². The van der Waals surface area contributed by atoms with Crippen molar-refractivity contribution in [2.24, 2.45) is 0 Å². The van der Waals surface area contributed by atoms with E-state index in [0.29, 0.717) is 5.69 Å². The number of benzene rings is 7. The van der Waals surface area contributed by atoms with E-state index in [-0.39, 0.29) is 0 Å². The molecule has 0 atom stereocenters. The maximum absolute atomic E-state index is 9.47. The van der Waals surface area contributed by atoms with Crippen LogP contribution in [0, 0.1) is 11.3 Å². The lowest BCUT2D eigenvalue weighted by atomic mass is 9.83. The van der Waals surface area contributed by atoms with Gasteiger partial charge >= 0.3 is 0 Å². The standard InChI is InChI=1S/C40H24N2/c41-25-28-24-27(22-23-42-28)30-20-21-38(32-14-4-3-13-31(30)32)40-36-17-7-5-15-34(36)39(35-16-6-8-18-37(35)40)33-19-9-11-26-10-1-2-12-29(26)33/h1-24H. The molecule has 0 aliphatic carbocycles. The van der Waals surface area contributed by atoms with Gasteiger partial charge in [0.05, 0.1) is 0 Å². The number of pyridine rings is 1. The third-order valence-electron chi connectivity index (χ3n) is 8.37. The van der Waals surface area contributed by atoms with Crippen LogP contribution in [0.15, 0.2) is 146 Å². The Morgan fingerprint density at radius 3 is 1.52 bits per heavy atom. The molecule has 0 aliphatic heterocycles. The Morgan fingerprint density at radius 1 is 0.429 bits per heavy atom. The Kier molecular flexibility index (Phi) is 5.55.